The van der Waals surface area contributed by atoms with E-state index in [4.69, 9.17) is 0 Å². The molecule has 0 spiro atoms. The van der Waals surface area contributed by atoms with Crippen LogP contribution in [0.15, 0.2) is 47.3 Å². The van der Waals surface area contributed by atoms with Gasteiger partial charge in [-0.25, -0.2) is 0 Å². The third-order valence-corrected chi connectivity index (χ3v) is 3.44. The third-order valence-electron chi connectivity index (χ3n) is 3.44. The molecular formula is C17H21NO. The van der Waals surface area contributed by atoms with Crippen molar-refractivity contribution in [1.29, 1.82) is 0 Å². The number of aromatic nitrogens is 1. The van der Waals surface area contributed by atoms with Gasteiger partial charge in [-0.2, -0.15) is 0 Å². The summed E-state index contributed by atoms with van der Waals surface area (Å²) in [4.78, 5) is 12.4. The molecule has 2 aromatic rings. The first-order chi connectivity index (χ1) is 8.89. The average Bonchev–Trinajstić information content (AvgIpc) is 2.35. The molecule has 2 heteroatoms. The van der Waals surface area contributed by atoms with Crippen LogP contribution < -0.4 is 5.56 Å². The number of hydrogen-bond acceptors (Lipinski definition) is 1. The van der Waals surface area contributed by atoms with Gasteiger partial charge in [-0.15, -0.1) is 0 Å². The third kappa shape index (κ3) is 2.95. The molecule has 0 saturated carbocycles. The zero-order valence-electron chi connectivity index (χ0n) is 12.1. The van der Waals surface area contributed by atoms with E-state index in [1.54, 1.807) is 4.57 Å². The number of nitrogens with zero attached hydrogens (tertiary/aromatic N) is 1. The Morgan fingerprint density at radius 3 is 2.21 bits per heavy atom. The van der Waals surface area contributed by atoms with Gasteiger partial charge in [0.2, 0.25) is 0 Å². The van der Waals surface area contributed by atoms with Crippen molar-refractivity contribution in [3.8, 4) is 0 Å². The van der Waals surface area contributed by atoms with E-state index in [-0.39, 0.29) is 11.0 Å². The van der Waals surface area contributed by atoms with Crippen LogP contribution in [0, 0.1) is 0 Å². The van der Waals surface area contributed by atoms with Gasteiger partial charge in [0.15, 0.2) is 0 Å². The molecule has 2 nitrogen and oxygen atoms in total. The van der Waals surface area contributed by atoms with E-state index in [1.807, 2.05) is 31.3 Å². The lowest BCUT2D eigenvalue weighted by molar-refractivity contribution is 0.570. The number of hydrogen-bond donors (Lipinski definition) is 0. The average molecular weight is 255 g/mol. The van der Waals surface area contributed by atoms with Crippen molar-refractivity contribution in [1.82, 2.24) is 4.57 Å². The quantitative estimate of drug-likeness (QED) is 0.807. The summed E-state index contributed by atoms with van der Waals surface area (Å²) in [6, 6.07) is 14.3. The highest BCUT2D eigenvalue weighted by Gasteiger charge is 2.19. The molecule has 0 N–H and O–H groups in total. The Balaban J connectivity index is 2.40. The highest BCUT2D eigenvalue weighted by atomic mass is 16.1. The summed E-state index contributed by atoms with van der Waals surface area (Å²) in [5.74, 6) is 0. The molecular weight excluding hydrogens is 234 g/mol. The van der Waals surface area contributed by atoms with Crippen LogP contribution in [0.5, 0.6) is 0 Å². The van der Waals surface area contributed by atoms with Gasteiger partial charge in [-0.05, 0) is 17.0 Å². The Morgan fingerprint density at radius 2 is 1.63 bits per heavy atom. The van der Waals surface area contributed by atoms with Crippen LogP contribution in [0.25, 0.3) is 0 Å². The van der Waals surface area contributed by atoms with E-state index in [0.29, 0.717) is 0 Å². The molecule has 0 bridgehead atoms. The van der Waals surface area contributed by atoms with E-state index < -0.39 is 0 Å². The van der Waals surface area contributed by atoms with E-state index in [1.165, 1.54) is 5.56 Å². The summed E-state index contributed by atoms with van der Waals surface area (Å²) in [5.41, 5.74) is 3.14. The fourth-order valence-electron chi connectivity index (χ4n) is 2.23. The van der Waals surface area contributed by atoms with Crippen molar-refractivity contribution in [2.24, 2.45) is 7.05 Å². The predicted molar refractivity (Wildman–Crippen MR) is 79.6 cm³/mol. The Hall–Kier alpha value is -1.83. The van der Waals surface area contributed by atoms with Gasteiger partial charge in [0.05, 0.1) is 0 Å². The predicted octanol–water partition coefficient (Wildman–Crippen LogP) is 3.27. The molecule has 1 heterocycles. The second kappa shape index (κ2) is 5.04. The van der Waals surface area contributed by atoms with Gasteiger partial charge in [0.1, 0.15) is 0 Å². The molecule has 100 valence electrons. The van der Waals surface area contributed by atoms with Gasteiger partial charge >= 0.3 is 0 Å². The Labute approximate surface area is 114 Å². The molecule has 0 amide bonds. The maximum Gasteiger partial charge on any atom is 0.254 e. The van der Waals surface area contributed by atoms with Crippen LogP contribution in [0.4, 0.5) is 0 Å². The molecule has 0 aliphatic heterocycles. The summed E-state index contributed by atoms with van der Waals surface area (Å²) in [6.07, 6.45) is 0.789. The largest absolute Gasteiger partial charge is 0.315 e. The molecule has 19 heavy (non-hydrogen) atoms. The van der Waals surface area contributed by atoms with E-state index in [2.05, 4.69) is 39.0 Å². The highest BCUT2D eigenvalue weighted by Crippen LogP contribution is 2.19. The topological polar surface area (TPSA) is 22.0 Å². The van der Waals surface area contributed by atoms with Crippen LogP contribution in [0.3, 0.4) is 0 Å². The molecule has 1 aromatic heterocycles. The minimum atomic E-state index is -0.111. The Bertz CT molecular complexity index is 618. The van der Waals surface area contributed by atoms with Crippen LogP contribution in [-0.2, 0) is 18.9 Å². The summed E-state index contributed by atoms with van der Waals surface area (Å²) in [7, 11) is 1.86. The minimum absolute atomic E-state index is 0.111. The molecule has 0 fully saturated rings. The SMILES string of the molecule is Cn1c(Cc2ccccc2)ccc(C(C)(C)C)c1=O. The summed E-state index contributed by atoms with van der Waals surface area (Å²) < 4.78 is 1.77. The Morgan fingerprint density at radius 1 is 1.00 bits per heavy atom. The zero-order valence-corrected chi connectivity index (χ0v) is 12.1. The van der Waals surface area contributed by atoms with Crippen molar-refractivity contribution >= 4 is 0 Å². The lowest BCUT2D eigenvalue weighted by Gasteiger charge is -2.20. The van der Waals surface area contributed by atoms with Gasteiger partial charge in [0, 0.05) is 24.7 Å². The van der Waals surface area contributed by atoms with Crippen LogP contribution in [0.2, 0.25) is 0 Å². The van der Waals surface area contributed by atoms with Crippen molar-refractivity contribution in [2.45, 2.75) is 32.6 Å². The first-order valence-electron chi connectivity index (χ1n) is 6.63. The lowest BCUT2D eigenvalue weighted by Crippen LogP contribution is -2.30. The molecule has 1 aromatic carbocycles. The van der Waals surface area contributed by atoms with Crippen LogP contribution in [-0.4, -0.2) is 4.57 Å². The van der Waals surface area contributed by atoms with Gasteiger partial charge < -0.3 is 4.57 Å². The molecule has 0 saturated heterocycles. The van der Waals surface area contributed by atoms with E-state index >= 15 is 0 Å². The minimum Gasteiger partial charge on any atom is -0.315 e. The molecule has 0 radical (unpaired) electrons. The molecule has 0 atom stereocenters. The summed E-state index contributed by atoms with van der Waals surface area (Å²) in [5, 5.41) is 0. The summed E-state index contributed by atoms with van der Waals surface area (Å²) >= 11 is 0. The molecule has 0 aliphatic carbocycles. The number of benzene rings is 1. The first-order valence-corrected chi connectivity index (χ1v) is 6.63. The van der Waals surface area contributed by atoms with Gasteiger partial charge in [-0.3, -0.25) is 4.79 Å². The molecule has 0 aliphatic rings. The van der Waals surface area contributed by atoms with Crippen molar-refractivity contribution in [3.63, 3.8) is 0 Å². The Kier molecular flexibility index (Phi) is 3.61. The summed E-state index contributed by atoms with van der Waals surface area (Å²) in [6.45, 7) is 6.21. The van der Waals surface area contributed by atoms with Crippen LogP contribution in [0.1, 0.15) is 37.6 Å². The van der Waals surface area contributed by atoms with Crippen molar-refractivity contribution in [3.05, 3.63) is 69.6 Å². The maximum atomic E-state index is 12.4. The first kappa shape index (κ1) is 13.6. The number of rotatable bonds is 2. The monoisotopic (exact) mass is 255 g/mol. The second-order valence-electron chi connectivity index (χ2n) is 6.01. The molecule has 0 unspecified atom stereocenters. The second-order valence-corrected chi connectivity index (χ2v) is 6.01. The highest BCUT2D eigenvalue weighted by molar-refractivity contribution is 5.27. The lowest BCUT2D eigenvalue weighted by atomic mass is 9.87. The normalized spacial score (nSPS) is 11.6. The standard InChI is InChI=1S/C17H21NO/c1-17(2,3)15-11-10-14(18(4)16(15)19)12-13-8-6-5-7-9-13/h5-11H,12H2,1-4H3. The van der Waals surface area contributed by atoms with Crippen molar-refractivity contribution in [2.75, 3.05) is 0 Å². The van der Waals surface area contributed by atoms with E-state index in [9.17, 15) is 4.79 Å². The van der Waals surface area contributed by atoms with Crippen LogP contribution >= 0.6 is 0 Å². The molecule has 2 rings (SSSR count). The van der Waals surface area contributed by atoms with Crippen molar-refractivity contribution < 1.29 is 0 Å². The zero-order chi connectivity index (χ0) is 14.0. The van der Waals surface area contributed by atoms with Gasteiger partial charge in [-0.1, -0.05) is 57.2 Å². The maximum absolute atomic E-state index is 12.4. The fourth-order valence-corrected chi connectivity index (χ4v) is 2.23. The smallest absolute Gasteiger partial charge is 0.254 e. The number of pyridine rings is 1. The van der Waals surface area contributed by atoms with E-state index in [0.717, 1.165) is 17.7 Å². The fraction of sp³-hybridized carbons (Fsp3) is 0.353. The van der Waals surface area contributed by atoms with Gasteiger partial charge in [0.25, 0.3) is 5.56 Å².